The van der Waals surface area contributed by atoms with E-state index in [1.165, 1.54) is 0 Å². The molecule has 1 fully saturated rings. The number of aliphatic hydroxyl groups is 3. The Labute approximate surface area is 409 Å². The lowest BCUT2D eigenvalue weighted by Crippen LogP contribution is -2.60. The van der Waals surface area contributed by atoms with Gasteiger partial charge in [0.2, 0.25) is 0 Å². The van der Waals surface area contributed by atoms with Gasteiger partial charge in [-0.3, -0.25) is 9.35 Å². The normalized spacial score (nSPS) is 20.6. The molecule has 4 N–H and O–H groups in total. The number of allylic oxidation sites excluding steroid dienone is 23. The number of carbonyl (C=O) groups is 1. The van der Waals surface area contributed by atoms with Gasteiger partial charge < -0.3 is 34.3 Å². The second-order valence-electron chi connectivity index (χ2n) is 16.0. The van der Waals surface area contributed by atoms with E-state index in [0.29, 0.717) is 13.0 Å². The Bertz CT molecular complexity index is 1730. The smallest absolute Gasteiger partial charge is 0.397 e. The second kappa shape index (κ2) is 44.2. The molecule has 0 radical (unpaired) electrons. The highest BCUT2D eigenvalue weighted by Gasteiger charge is 2.48. The third-order valence-corrected chi connectivity index (χ3v) is 10.5. The molecule has 1 heterocycles. The van der Waals surface area contributed by atoms with Crippen molar-refractivity contribution < 1.29 is 56.2 Å². The first-order chi connectivity index (χ1) is 33.1. The van der Waals surface area contributed by atoms with Crippen molar-refractivity contribution in [3.8, 4) is 0 Å². The topological polar surface area (TPSA) is 178 Å². The summed E-state index contributed by atoms with van der Waals surface area (Å²) in [4.78, 5) is 12.8. The molecule has 6 atom stereocenters. The molecule has 0 saturated carbocycles. The Balaban J connectivity index is 2.45. The third-order valence-electron chi connectivity index (χ3n) is 9.99. The predicted octanol–water partition coefficient (Wildman–Crippen LogP) is 11.3. The zero-order chi connectivity index (χ0) is 49.6. The lowest BCUT2D eigenvalue weighted by atomic mass is 9.99. The first kappa shape index (κ1) is 62.0. The first-order valence-corrected chi connectivity index (χ1v) is 26.0. The van der Waals surface area contributed by atoms with E-state index in [1.54, 1.807) is 6.08 Å². The molecule has 0 aromatic heterocycles. The van der Waals surface area contributed by atoms with Gasteiger partial charge in [0.25, 0.3) is 0 Å². The van der Waals surface area contributed by atoms with Crippen LogP contribution in [0.25, 0.3) is 0 Å². The van der Waals surface area contributed by atoms with Gasteiger partial charge in [0.05, 0.1) is 26.2 Å². The van der Waals surface area contributed by atoms with Gasteiger partial charge in [0.15, 0.2) is 6.29 Å². The monoisotopic (exact) mass is 969 g/mol. The molecule has 1 saturated heterocycles. The molecule has 1 aliphatic rings. The Kier molecular flexibility index (Phi) is 40.3. The summed E-state index contributed by atoms with van der Waals surface area (Å²) >= 11 is 0. The van der Waals surface area contributed by atoms with E-state index in [2.05, 4.69) is 146 Å². The number of carbonyl (C=O) groups excluding carboxylic acids is 1. The second-order valence-corrected chi connectivity index (χ2v) is 17.0. The molecule has 6 unspecified atom stereocenters. The van der Waals surface area contributed by atoms with Gasteiger partial charge in [-0.05, 0) is 96.3 Å². The van der Waals surface area contributed by atoms with Crippen LogP contribution >= 0.6 is 0 Å². The minimum Gasteiger partial charge on any atom is -0.457 e. The maximum Gasteiger partial charge on any atom is 0.397 e. The number of hydrogen-bond donors (Lipinski definition) is 4. The van der Waals surface area contributed by atoms with Crippen LogP contribution in [0.1, 0.15) is 129 Å². The van der Waals surface area contributed by atoms with E-state index < -0.39 is 59.8 Å². The minimum atomic E-state index is -5.09. The third kappa shape index (κ3) is 36.9. The average Bonchev–Trinajstić information content (AvgIpc) is 3.31. The number of unbranched alkanes of at least 4 members (excludes halogenated alkanes) is 4. The van der Waals surface area contributed by atoms with E-state index >= 15 is 0 Å². The fourth-order valence-electron chi connectivity index (χ4n) is 6.37. The molecule has 0 aliphatic carbocycles. The Morgan fingerprint density at radius 3 is 1.40 bits per heavy atom. The first-order valence-electron chi connectivity index (χ1n) is 24.6. The van der Waals surface area contributed by atoms with E-state index in [-0.39, 0.29) is 19.6 Å². The van der Waals surface area contributed by atoms with Gasteiger partial charge in [0.1, 0.15) is 30.5 Å². The Morgan fingerprint density at radius 2 is 0.971 bits per heavy atom. The zero-order valence-electron chi connectivity index (χ0n) is 40.8. The van der Waals surface area contributed by atoms with Gasteiger partial charge >= 0.3 is 16.4 Å². The van der Waals surface area contributed by atoms with Crippen molar-refractivity contribution in [2.75, 3.05) is 26.4 Å². The van der Waals surface area contributed by atoms with Gasteiger partial charge in [-0.2, -0.15) is 8.42 Å². The fraction of sp³-hybridized carbons (Fsp3) is 0.545. The highest BCUT2D eigenvalue weighted by Crippen LogP contribution is 2.26. The quantitative estimate of drug-likeness (QED) is 0.0198. The van der Waals surface area contributed by atoms with Crippen LogP contribution in [0.2, 0.25) is 0 Å². The molecule has 0 aromatic rings. The molecule has 0 spiro atoms. The SMILES string of the molecule is CC/C=C\C/C=C\C/C=C\C/C=C\C/C=C\C/C=C\C/C=C\CCCCCCOCC(COC1OC(CO)C(O)C(OS(=O)(=O)O)C1O)OC(=O)C/C=C\C/C=C\C/C=C\C/C=C\C/C=C\CC. The average molecular weight is 969 g/mol. The Morgan fingerprint density at radius 1 is 0.559 bits per heavy atom. The molecular weight excluding hydrogens is 885 g/mol. The van der Waals surface area contributed by atoms with Gasteiger partial charge in [0, 0.05) is 6.61 Å². The molecule has 68 heavy (non-hydrogen) atoms. The summed E-state index contributed by atoms with van der Waals surface area (Å²) in [5.41, 5.74) is 0. The van der Waals surface area contributed by atoms with Crippen molar-refractivity contribution >= 4 is 16.4 Å². The van der Waals surface area contributed by atoms with E-state index in [4.69, 9.17) is 18.9 Å². The van der Waals surface area contributed by atoms with Crippen LogP contribution in [0, 0.1) is 0 Å². The highest BCUT2D eigenvalue weighted by molar-refractivity contribution is 7.80. The number of ether oxygens (including phenoxy) is 4. The van der Waals surface area contributed by atoms with Crippen molar-refractivity contribution in [2.45, 2.75) is 166 Å². The standard InChI is InChI=1S/C55H84O12S/c1-3-5-7-9-11-13-15-17-19-20-21-22-23-24-25-26-27-28-29-31-33-35-37-39-41-43-45-63-47-49(48-64-55-53(59)54(67-68(60,61)62)52(58)50(46-56)66-55)65-51(57)44-42-40-38-36-34-32-30-18-16-14-12-10-8-6-4-2/h5-8,11-14,17-19,21-22,24-25,27-28,30-31,33-34,36,40,42,49-50,52-56,58-59H,3-4,9-10,15-16,20,23,26,29,32,35,37-39,41,43-48H2,1-2H3,(H,60,61,62)/b7-5-,8-6-,13-11-,14-12-,19-17-,22-21-,25-24-,28-27-,30-18-,33-31-,36-34-,42-40-. The highest BCUT2D eigenvalue weighted by atomic mass is 32.3. The van der Waals surface area contributed by atoms with E-state index in [1.807, 2.05) is 12.2 Å². The van der Waals surface area contributed by atoms with E-state index in [9.17, 15) is 33.1 Å². The summed E-state index contributed by atoms with van der Waals surface area (Å²) in [6.07, 6.45) is 57.7. The largest absolute Gasteiger partial charge is 0.457 e. The molecule has 0 amide bonds. The minimum absolute atomic E-state index is 0.00847. The van der Waals surface area contributed by atoms with Crippen LogP contribution in [0.4, 0.5) is 0 Å². The summed E-state index contributed by atoms with van der Waals surface area (Å²) < 4.78 is 59.0. The van der Waals surface area contributed by atoms with Crippen LogP contribution in [-0.4, -0.2) is 97.5 Å². The molecule has 12 nitrogen and oxygen atoms in total. The molecular formula is C55H84O12S. The van der Waals surface area contributed by atoms with Crippen LogP contribution in [0.5, 0.6) is 0 Å². The van der Waals surface area contributed by atoms with Crippen LogP contribution in [-0.2, 0) is 38.3 Å². The fourth-order valence-corrected chi connectivity index (χ4v) is 6.88. The summed E-state index contributed by atoms with van der Waals surface area (Å²) in [5.74, 6) is -0.543. The van der Waals surface area contributed by atoms with Crippen molar-refractivity contribution in [3.63, 3.8) is 0 Å². The van der Waals surface area contributed by atoms with Gasteiger partial charge in [-0.1, -0.05) is 173 Å². The van der Waals surface area contributed by atoms with Gasteiger partial charge in [-0.25, -0.2) is 4.18 Å². The lowest BCUT2D eigenvalue weighted by Gasteiger charge is -2.41. The zero-order valence-corrected chi connectivity index (χ0v) is 41.7. The number of hydrogen-bond acceptors (Lipinski definition) is 11. The predicted molar refractivity (Wildman–Crippen MR) is 275 cm³/mol. The molecule has 1 aliphatic heterocycles. The van der Waals surface area contributed by atoms with Crippen LogP contribution in [0.3, 0.4) is 0 Å². The summed E-state index contributed by atoms with van der Waals surface area (Å²) in [6.45, 7) is 3.53. The number of aliphatic hydroxyl groups excluding tert-OH is 3. The molecule has 382 valence electrons. The van der Waals surface area contributed by atoms with Crippen LogP contribution in [0.15, 0.2) is 146 Å². The number of rotatable bonds is 40. The summed E-state index contributed by atoms with van der Waals surface area (Å²) in [7, 11) is -5.09. The molecule has 1 rings (SSSR count). The maximum absolute atomic E-state index is 12.8. The summed E-state index contributed by atoms with van der Waals surface area (Å²) in [5, 5.41) is 30.7. The van der Waals surface area contributed by atoms with Crippen LogP contribution < -0.4 is 0 Å². The maximum atomic E-state index is 12.8. The lowest BCUT2D eigenvalue weighted by molar-refractivity contribution is -0.301. The summed E-state index contributed by atoms with van der Waals surface area (Å²) in [6, 6.07) is 0. The molecule has 0 aromatic carbocycles. The van der Waals surface area contributed by atoms with Crippen molar-refractivity contribution in [1.29, 1.82) is 0 Å². The van der Waals surface area contributed by atoms with Crippen molar-refractivity contribution in [3.05, 3.63) is 146 Å². The molecule has 0 bridgehead atoms. The Hall–Kier alpha value is -4.02. The van der Waals surface area contributed by atoms with Gasteiger partial charge in [-0.15, -0.1) is 0 Å². The van der Waals surface area contributed by atoms with Crippen molar-refractivity contribution in [2.24, 2.45) is 0 Å². The molecule has 13 heteroatoms. The number of esters is 1. The van der Waals surface area contributed by atoms with E-state index in [0.717, 1.165) is 103 Å². The van der Waals surface area contributed by atoms with Crippen molar-refractivity contribution in [1.82, 2.24) is 0 Å².